The summed E-state index contributed by atoms with van der Waals surface area (Å²) in [5.74, 6) is 1.82. The predicted octanol–water partition coefficient (Wildman–Crippen LogP) is 7.09. The third kappa shape index (κ3) is 2.75. The predicted molar refractivity (Wildman–Crippen MR) is 133 cm³/mol. The van der Waals surface area contributed by atoms with E-state index in [4.69, 9.17) is 0 Å². The number of aliphatic hydroxyl groups is 1. The Morgan fingerprint density at radius 1 is 0.909 bits per heavy atom. The van der Waals surface area contributed by atoms with Crippen LogP contribution < -0.4 is 0 Å². The Labute approximate surface area is 201 Å². The van der Waals surface area contributed by atoms with E-state index in [1.165, 1.54) is 18.4 Å². The van der Waals surface area contributed by atoms with E-state index in [0.29, 0.717) is 23.7 Å². The van der Waals surface area contributed by atoms with Crippen molar-refractivity contribution in [3.8, 4) is 0 Å². The molecule has 10 atom stereocenters. The summed E-state index contributed by atoms with van der Waals surface area (Å²) in [4.78, 5) is 12.8. The zero-order valence-corrected chi connectivity index (χ0v) is 22.2. The maximum Gasteiger partial charge on any atom is 0.310 e. The maximum absolute atomic E-state index is 12.8. The van der Waals surface area contributed by atoms with E-state index >= 15 is 0 Å². The van der Waals surface area contributed by atoms with Crippen molar-refractivity contribution in [2.75, 3.05) is 0 Å². The second-order valence-electron chi connectivity index (χ2n) is 14.5. The van der Waals surface area contributed by atoms with Gasteiger partial charge in [-0.25, -0.2) is 0 Å². The van der Waals surface area contributed by atoms with Gasteiger partial charge in [-0.1, -0.05) is 60.1 Å². The Bertz CT molecular complexity index is 874. The number of carboxylic acids is 1. The SMILES string of the molecule is C[C@H]1[C@H]2C3=CC[C@H]4[C@@]5(C)CC[C@H](O)C(C)(C)[C@@H]5CC[C@]4(C)[C@]3(C)CC[C@@]2(C(=O)O)CC[C@@H]1C. The molecule has 5 aliphatic rings. The van der Waals surface area contributed by atoms with Crippen molar-refractivity contribution in [1.29, 1.82) is 0 Å². The van der Waals surface area contributed by atoms with Gasteiger partial charge in [-0.2, -0.15) is 0 Å². The summed E-state index contributed by atoms with van der Waals surface area (Å²) in [6, 6.07) is 0. The fourth-order valence-corrected chi connectivity index (χ4v) is 10.8. The molecule has 3 nitrogen and oxygen atoms in total. The first-order valence-electron chi connectivity index (χ1n) is 13.9. The average Bonchev–Trinajstić information content (AvgIpc) is 2.74. The van der Waals surface area contributed by atoms with Gasteiger partial charge < -0.3 is 10.2 Å². The van der Waals surface area contributed by atoms with E-state index < -0.39 is 11.4 Å². The highest BCUT2D eigenvalue weighted by atomic mass is 16.4. The number of aliphatic hydroxyl groups excluding tert-OH is 1. The highest BCUT2D eigenvalue weighted by molar-refractivity contribution is 5.76. The molecule has 3 heteroatoms. The highest BCUT2D eigenvalue weighted by Gasteiger charge is 2.69. The molecule has 2 N–H and O–H groups in total. The lowest BCUT2D eigenvalue weighted by Gasteiger charge is -2.71. The van der Waals surface area contributed by atoms with Crippen molar-refractivity contribution in [3.05, 3.63) is 11.6 Å². The third-order valence-electron chi connectivity index (χ3n) is 13.4. The smallest absolute Gasteiger partial charge is 0.310 e. The zero-order valence-electron chi connectivity index (χ0n) is 22.2. The summed E-state index contributed by atoms with van der Waals surface area (Å²) < 4.78 is 0. The minimum atomic E-state index is -0.557. The maximum atomic E-state index is 12.8. The average molecular weight is 457 g/mol. The molecule has 5 rings (SSSR count). The topological polar surface area (TPSA) is 57.5 Å². The van der Waals surface area contributed by atoms with Gasteiger partial charge in [0.1, 0.15) is 0 Å². The quantitative estimate of drug-likeness (QED) is 0.414. The molecule has 4 saturated carbocycles. The summed E-state index contributed by atoms with van der Waals surface area (Å²) >= 11 is 0. The Morgan fingerprint density at radius 3 is 2.27 bits per heavy atom. The van der Waals surface area contributed by atoms with Crippen LogP contribution >= 0.6 is 0 Å². The summed E-state index contributed by atoms with van der Waals surface area (Å²) in [7, 11) is 0. The van der Waals surface area contributed by atoms with Crippen LogP contribution in [-0.2, 0) is 4.79 Å². The molecule has 0 aromatic rings. The lowest BCUT2D eigenvalue weighted by Crippen LogP contribution is -2.65. The standard InChI is InChI=1S/C30H48O3/c1-18-10-15-30(25(32)33)17-16-28(6)20(24(30)19(18)2)8-9-22-27(5)13-12-23(31)26(3,4)21(27)11-14-29(22,28)7/h8,18-19,21-24,31H,9-17H2,1-7H3,(H,32,33)/t18-,19+,21-,22-,23-,24-,27-,28+,29-,30-/m0/s1. The number of rotatable bonds is 1. The lowest BCUT2D eigenvalue weighted by molar-refractivity contribution is -0.206. The molecule has 186 valence electrons. The van der Waals surface area contributed by atoms with Crippen molar-refractivity contribution < 1.29 is 15.0 Å². The summed E-state index contributed by atoms with van der Waals surface area (Å²) in [5.41, 5.74) is 1.46. The van der Waals surface area contributed by atoms with E-state index in [0.717, 1.165) is 44.9 Å². The van der Waals surface area contributed by atoms with Crippen molar-refractivity contribution in [2.45, 2.75) is 112 Å². The molecule has 0 heterocycles. The fraction of sp³-hybridized carbons (Fsp3) is 0.900. The molecule has 0 spiro atoms. The van der Waals surface area contributed by atoms with E-state index in [2.05, 4.69) is 54.5 Å². The van der Waals surface area contributed by atoms with Crippen molar-refractivity contribution >= 4 is 5.97 Å². The molecule has 0 unspecified atom stereocenters. The molecule has 33 heavy (non-hydrogen) atoms. The van der Waals surface area contributed by atoms with E-state index in [1.807, 2.05) is 0 Å². The molecule has 0 aromatic heterocycles. The number of hydrogen-bond donors (Lipinski definition) is 2. The Kier molecular flexibility index (Phi) is 5.15. The van der Waals surface area contributed by atoms with Crippen LogP contribution in [0.2, 0.25) is 0 Å². The van der Waals surface area contributed by atoms with Gasteiger partial charge in [-0.15, -0.1) is 0 Å². The number of carbonyl (C=O) groups is 1. The first-order chi connectivity index (χ1) is 15.3. The number of fused-ring (bicyclic) bond motifs is 7. The van der Waals surface area contributed by atoms with E-state index in [1.54, 1.807) is 0 Å². The molecule has 5 aliphatic carbocycles. The summed E-state index contributed by atoms with van der Waals surface area (Å²) in [5, 5.41) is 21.4. The van der Waals surface area contributed by atoms with Gasteiger partial charge in [0.15, 0.2) is 0 Å². The molecular formula is C30H48O3. The minimum Gasteiger partial charge on any atom is -0.481 e. The number of hydrogen-bond acceptors (Lipinski definition) is 2. The van der Waals surface area contributed by atoms with Gasteiger partial charge in [0.2, 0.25) is 0 Å². The van der Waals surface area contributed by atoms with Gasteiger partial charge in [0.05, 0.1) is 11.5 Å². The molecule has 0 aliphatic heterocycles. The van der Waals surface area contributed by atoms with Crippen LogP contribution in [0.25, 0.3) is 0 Å². The van der Waals surface area contributed by atoms with Crippen molar-refractivity contribution in [3.63, 3.8) is 0 Å². The van der Waals surface area contributed by atoms with Gasteiger partial charge in [0.25, 0.3) is 0 Å². The Morgan fingerprint density at radius 2 is 1.61 bits per heavy atom. The van der Waals surface area contributed by atoms with Gasteiger partial charge in [-0.3, -0.25) is 4.79 Å². The van der Waals surface area contributed by atoms with Gasteiger partial charge in [-0.05, 0) is 109 Å². The molecule has 0 aromatic carbocycles. The Hall–Kier alpha value is -0.830. The van der Waals surface area contributed by atoms with Crippen LogP contribution in [0.1, 0.15) is 106 Å². The van der Waals surface area contributed by atoms with E-state index in [9.17, 15) is 15.0 Å². The van der Waals surface area contributed by atoms with Crippen molar-refractivity contribution in [2.24, 2.45) is 56.7 Å². The second-order valence-corrected chi connectivity index (χ2v) is 14.5. The van der Waals surface area contributed by atoms with Crippen LogP contribution in [0.3, 0.4) is 0 Å². The van der Waals surface area contributed by atoms with Crippen LogP contribution in [0, 0.1) is 56.7 Å². The van der Waals surface area contributed by atoms with Crippen LogP contribution in [0.4, 0.5) is 0 Å². The first kappa shape index (κ1) is 23.9. The first-order valence-corrected chi connectivity index (χ1v) is 13.9. The molecule has 0 amide bonds. The largest absolute Gasteiger partial charge is 0.481 e. The van der Waals surface area contributed by atoms with Gasteiger partial charge in [0, 0.05) is 0 Å². The molecular weight excluding hydrogens is 408 g/mol. The zero-order chi connectivity index (χ0) is 24.2. The Balaban J connectivity index is 1.61. The van der Waals surface area contributed by atoms with Crippen LogP contribution in [0.5, 0.6) is 0 Å². The van der Waals surface area contributed by atoms with E-state index in [-0.39, 0.29) is 33.7 Å². The van der Waals surface area contributed by atoms with Crippen LogP contribution in [-0.4, -0.2) is 22.3 Å². The third-order valence-corrected chi connectivity index (χ3v) is 13.4. The summed E-state index contributed by atoms with van der Waals surface area (Å²) in [6.07, 6.45) is 11.6. The van der Waals surface area contributed by atoms with Crippen LogP contribution in [0.15, 0.2) is 11.6 Å². The minimum absolute atomic E-state index is 0.0302. The molecule has 0 saturated heterocycles. The molecule has 4 fully saturated rings. The second kappa shape index (κ2) is 7.11. The molecule has 0 bridgehead atoms. The van der Waals surface area contributed by atoms with Gasteiger partial charge >= 0.3 is 5.97 Å². The number of carboxylic acid groups (broad SMARTS) is 1. The number of aliphatic carboxylic acids is 1. The molecule has 0 radical (unpaired) electrons. The monoisotopic (exact) mass is 456 g/mol. The van der Waals surface area contributed by atoms with Crippen molar-refractivity contribution in [1.82, 2.24) is 0 Å². The lowest BCUT2D eigenvalue weighted by atomic mass is 9.33. The number of allylic oxidation sites excluding steroid dienone is 2. The highest BCUT2D eigenvalue weighted by Crippen LogP contribution is 2.75. The normalized spacial score (nSPS) is 55.3. The summed E-state index contributed by atoms with van der Waals surface area (Å²) in [6.45, 7) is 17.0. The fourth-order valence-electron chi connectivity index (χ4n) is 10.8.